The second-order valence-electron chi connectivity index (χ2n) is 11.7. The molecule has 2 aliphatic heterocycles. The molecule has 0 radical (unpaired) electrons. The second kappa shape index (κ2) is 13.1. The summed E-state index contributed by atoms with van der Waals surface area (Å²) in [4.78, 5) is 38.8. The van der Waals surface area contributed by atoms with Crippen molar-refractivity contribution in [3.63, 3.8) is 0 Å². The van der Waals surface area contributed by atoms with Gasteiger partial charge in [0, 0.05) is 52.0 Å². The quantitative estimate of drug-likeness (QED) is 0.103. The molecule has 1 atom stereocenters. The Bertz CT molecular complexity index is 1940. The Morgan fingerprint density at radius 1 is 0.792 bits per heavy atom. The first kappa shape index (κ1) is 32.1. The number of nitrogens with one attached hydrogen (secondary N) is 1. The Hall–Kier alpha value is -5.83. The zero-order valence-electron chi connectivity index (χ0n) is 27.1. The molecule has 0 saturated carbocycles. The monoisotopic (exact) mass is 644 g/mol. The number of carbonyl (C=O) groups is 3. The lowest BCUT2D eigenvalue weighted by Crippen LogP contribution is -2.34. The highest BCUT2D eigenvalue weighted by atomic mass is 16.6. The maximum absolute atomic E-state index is 13.5. The predicted molar refractivity (Wildman–Crippen MR) is 183 cm³/mol. The van der Waals surface area contributed by atoms with Crippen molar-refractivity contribution in [3.8, 4) is 11.5 Å². The molecule has 1 spiro atoms. The molecular formula is C39H36N2O7. The van der Waals surface area contributed by atoms with Gasteiger partial charge in [0.25, 0.3) is 0 Å². The summed E-state index contributed by atoms with van der Waals surface area (Å²) in [7, 11) is 0. The average molecular weight is 645 g/mol. The lowest BCUT2D eigenvalue weighted by atomic mass is 9.77. The maximum atomic E-state index is 13.5. The highest BCUT2D eigenvalue weighted by Gasteiger charge is 2.53. The van der Waals surface area contributed by atoms with Gasteiger partial charge >= 0.3 is 17.9 Å². The van der Waals surface area contributed by atoms with Gasteiger partial charge in [0.1, 0.15) is 24.7 Å². The fourth-order valence-electron chi connectivity index (χ4n) is 6.24. The number of fused-ring (bicyclic) bond motifs is 6. The Kier molecular flexibility index (Phi) is 8.78. The van der Waals surface area contributed by atoms with Crippen molar-refractivity contribution >= 4 is 35.0 Å². The molecule has 2 heterocycles. The fourth-order valence-corrected chi connectivity index (χ4v) is 6.24. The molecule has 4 aromatic carbocycles. The number of nitrogens with zero attached hydrogens (tertiary/aromatic N) is 1. The van der Waals surface area contributed by atoms with Gasteiger partial charge in [-0.3, -0.25) is 0 Å². The number of esters is 3. The van der Waals surface area contributed by atoms with E-state index in [1.54, 1.807) is 6.07 Å². The molecule has 0 saturated heterocycles. The molecule has 0 bridgehead atoms. The van der Waals surface area contributed by atoms with Gasteiger partial charge in [-0.1, -0.05) is 49.1 Å². The fraction of sp³-hybridized carbons (Fsp3) is 0.205. The Labute approximate surface area is 279 Å². The molecule has 4 aromatic rings. The molecule has 1 N–H and O–H groups in total. The first-order valence-electron chi connectivity index (χ1n) is 15.6. The van der Waals surface area contributed by atoms with Crippen LogP contribution in [0.1, 0.15) is 43.7 Å². The van der Waals surface area contributed by atoms with Gasteiger partial charge < -0.3 is 29.2 Å². The van der Waals surface area contributed by atoms with Crippen molar-refractivity contribution in [1.29, 1.82) is 0 Å². The van der Waals surface area contributed by atoms with E-state index in [0.29, 0.717) is 41.3 Å². The Balaban J connectivity index is 1.44. The van der Waals surface area contributed by atoms with Crippen molar-refractivity contribution in [2.24, 2.45) is 0 Å². The van der Waals surface area contributed by atoms with Gasteiger partial charge in [0.2, 0.25) is 0 Å². The summed E-state index contributed by atoms with van der Waals surface area (Å²) in [6.45, 7) is 13.8. The topological polar surface area (TPSA) is 103 Å². The van der Waals surface area contributed by atoms with Crippen LogP contribution in [-0.2, 0) is 29.4 Å². The summed E-state index contributed by atoms with van der Waals surface area (Å²) in [5.74, 6) is -0.449. The van der Waals surface area contributed by atoms with Crippen LogP contribution in [0.5, 0.6) is 11.5 Å². The largest absolute Gasteiger partial charge is 0.461 e. The lowest BCUT2D eigenvalue weighted by molar-refractivity contribution is -0.137. The predicted octanol–water partition coefficient (Wildman–Crippen LogP) is 7.19. The van der Waals surface area contributed by atoms with Crippen LogP contribution in [0.25, 0.3) is 0 Å². The smallest absolute Gasteiger partial charge is 0.340 e. The minimum atomic E-state index is -1.27. The van der Waals surface area contributed by atoms with E-state index in [1.165, 1.54) is 5.56 Å². The first-order chi connectivity index (χ1) is 23.1. The van der Waals surface area contributed by atoms with E-state index >= 15 is 0 Å². The third-order valence-corrected chi connectivity index (χ3v) is 8.60. The van der Waals surface area contributed by atoms with Crippen LogP contribution >= 0.6 is 0 Å². The number of ether oxygens (including phenoxy) is 4. The van der Waals surface area contributed by atoms with Crippen LogP contribution in [0, 0.1) is 20.8 Å². The molecule has 0 aliphatic carbocycles. The zero-order valence-corrected chi connectivity index (χ0v) is 27.1. The highest BCUT2D eigenvalue weighted by Crippen LogP contribution is 2.57. The summed E-state index contributed by atoms with van der Waals surface area (Å²) in [5, 5.41) is 3.58. The van der Waals surface area contributed by atoms with E-state index in [0.717, 1.165) is 45.9 Å². The van der Waals surface area contributed by atoms with Gasteiger partial charge in [-0.05, 0) is 68.3 Å². The SMILES string of the molecule is C=CC(=O)OCCN(CCOC(=O)C=C)c1ccc2c(c1)Oc1cc(C)c(Nc3ccc(C)cc3C)cc1C21OC(=O)c2ccccc21. The molecule has 0 aromatic heterocycles. The average Bonchev–Trinajstić information content (AvgIpc) is 3.37. The normalized spacial score (nSPS) is 15.3. The van der Waals surface area contributed by atoms with Gasteiger partial charge in [0.15, 0.2) is 5.60 Å². The van der Waals surface area contributed by atoms with Crippen LogP contribution in [0.15, 0.2) is 98.1 Å². The van der Waals surface area contributed by atoms with Crippen LogP contribution < -0.4 is 15.0 Å². The number of rotatable bonds is 11. The standard InChI is InChI=1S/C39H36N2O7/c1-6-36(42)45-18-16-41(17-19-46-37(43)7-2)27-13-14-30-35(22-27)47-34-21-26(5)33(40-32-15-12-24(3)20-25(32)4)23-31(34)39(30)29-11-9-8-10-28(29)38(44)48-39/h6-15,20-23,40H,1-2,16-19H2,3-5H3. The first-order valence-corrected chi connectivity index (χ1v) is 15.6. The molecule has 244 valence electrons. The number of hydrogen-bond donors (Lipinski definition) is 1. The van der Waals surface area contributed by atoms with Gasteiger partial charge in [0.05, 0.1) is 18.7 Å². The summed E-state index contributed by atoms with van der Waals surface area (Å²) in [6, 6.07) is 23.2. The molecule has 1 unspecified atom stereocenters. The van der Waals surface area contributed by atoms with Crippen molar-refractivity contribution in [3.05, 3.63) is 137 Å². The number of hydrogen-bond acceptors (Lipinski definition) is 9. The molecule has 9 heteroatoms. The number of carbonyl (C=O) groups excluding carboxylic acids is 3. The third kappa shape index (κ3) is 5.90. The van der Waals surface area contributed by atoms with Crippen molar-refractivity contribution in [2.75, 3.05) is 36.5 Å². The van der Waals surface area contributed by atoms with Gasteiger partial charge in [-0.25, -0.2) is 14.4 Å². The Morgan fingerprint density at radius 3 is 2.15 bits per heavy atom. The van der Waals surface area contributed by atoms with Crippen LogP contribution in [0.4, 0.5) is 17.1 Å². The van der Waals surface area contributed by atoms with Crippen molar-refractivity contribution < 1.29 is 33.3 Å². The van der Waals surface area contributed by atoms with Crippen LogP contribution in [0.2, 0.25) is 0 Å². The molecule has 2 aliphatic rings. The third-order valence-electron chi connectivity index (χ3n) is 8.60. The molecule has 0 amide bonds. The van der Waals surface area contributed by atoms with Gasteiger partial charge in [-0.15, -0.1) is 0 Å². The zero-order chi connectivity index (χ0) is 34.0. The summed E-state index contributed by atoms with van der Waals surface area (Å²) >= 11 is 0. The van der Waals surface area contributed by atoms with E-state index in [9.17, 15) is 14.4 Å². The number of benzene rings is 4. The minimum Gasteiger partial charge on any atom is -0.461 e. The lowest BCUT2D eigenvalue weighted by Gasteiger charge is -2.38. The molecule has 9 nitrogen and oxygen atoms in total. The number of anilines is 3. The van der Waals surface area contributed by atoms with E-state index in [-0.39, 0.29) is 13.2 Å². The van der Waals surface area contributed by atoms with Crippen LogP contribution in [0.3, 0.4) is 0 Å². The van der Waals surface area contributed by atoms with Gasteiger partial charge in [-0.2, -0.15) is 0 Å². The summed E-state index contributed by atoms with van der Waals surface area (Å²) < 4.78 is 23.5. The highest BCUT2D eigenvalue weighted by molar-refractivity contribution is 5.97. The van der Waals surface area contributed by atoms with E-state index in [4.69, 9.17) is 18.9 Å². The van der Waals surface area contributed by atoms with E-state index < -0.39 is 23.5 Å². The molecule has 6 rings (SSSR count). The summed E-state index contributed by atoms with van der Waals surface area (Å²) in [6.07, 6.45) is 2.21. The number of aryl methyl sites for hydroxylation is 3. The molecule has 0 fully saturated rings. The molecule has 48 heavy (non-hydrogen) atoms. The Morgan fingerprint density at radius 2 is 1.46 bits per heavy atom. The van der Waals surface area contributed by atoms with Crippen LogP contribution in [-0.4, -0.2) is 44.2 Å². The second-order valence-corrected chi connectivity index (χ2v) is 11.7. The molecular weight excluding hydrogens is 608 g/mol. The van der Waals surface area contributed by atoms with E-state index in [1.807, 2.05) is 60.4 Å². The summed E-state index contributed by atoms with van der Waals surface area (Å²) in [5.41, 5.74) is 7.07. The van der Waals surface area contributed by atoms with E-state index in [2.05, 4.69) is 50.5 Å². The van der Waals surface area contributed by atoms with Crippen molar-refractivity contribution in [1.82, 2.24) is 0 Å². The van der Waals surface area contributed by atoms with Crippen molar-refractivity contribution in [2.45, 2.75) is 26.4 Å². The minimum absolute atomic E-state index is 0.0748. The maximum Gasteiger partial charge on any atom is 0.340 e.